The van der Waals surface area contributed by atoms with Crippen LogP contribution >= 0.6 is 0 Å². The smallest absolute Gasteiger partial charge is 0.407 e. The number of nitriles is 1. The van der Waals surface area contributed by atoms with Crippen molar-refractivity contribution >= 4 is 11.9 Å². The van der Waals surface area contributed by atoms with Crippen LogP contribution in [0.15, 0.2) is 6.07 Å². The van der Waals surface area contributed by atoms with Gasteiger partial charge in [0.05, 0.1) is 6.61 Å². The maximum Gasteiger partial charge on any atom is 0.407 e. The number of aryl methyl sites for hydroxylation is 1. The van der Waals surface area contributed by atoms with Gasteiger partial charge in [-0.1, -0.05) is 0 Å². The minimum Gasteiger partial charge on any atom is -0.477 e. The van der Waals surface area contributed by atoms with Crippen molar-refractivity contribution in [1.82, 2.24) is 10.3 Å². The second-order valence-corrected chi connectivity index (χ2v) is 7.95. The van der Waals surface area contributed by atoms with E-state index in [1.165, 1.54) is 0 Å². The Morgan fingerprint density at radius 2 is 2.00 bits per heavy atom. The van der Waals surface area contributed by atoms with E-state index < -0.39 is 0 Å². The van der Waals surface area contributed by atoms with E-state index in [4.69, 9.17) is 9.47 Å². The number of carbonyl (C=O) groups excluding carboxylic acids is 1. The highest BCUT2D eigenvalue weighted by Gasteiger charge is 2.26. The molecule has 7 nitrogen and oxygen atoms in total. The first-order chi connectivity index (χ1) is 12.7. The minimum atomic E-state index is -0.357. The summed E-state index contributed by atoms with van der Waals surface area (Å²) in [5.41, 5.74) is 1.06. The second kappa shape index (κ2) is 8.94. The first-order valence-corrected chi connectivity index (χ1v) is 9.51. The van der Waals surface area contributed by atoms with E-state index >= 15 is 0 Å². The van der Waals surface area contributed by atoms with Gasteiger partial charge in [-0.05, 0) is 71.9 Å². The Morgan fingerprint density at radius 3 is 2.56 bits per heavy atom. The Balaban J connectivity index is 1.91. The molecule has 1 aromatic heterocycles. The van der Waals surface area contributed by atoms with E-state index in [1.807, 2.05) is 34.6 Å². The first-order valence-electron chi connectivity index (χ1n) is 9.51. The number of hydrogen-bond donors (Lipinski definition) is 2. The van der Waals surface area contributed by atoms with Gasteiger partial charge in [-0.3, -0.25) is 0 Å². The number of carbonyl (C=O) groups is 1. The van der Waals surface area contributed by atoms with E-state index in [1.54, 1.807) is 6.07 Å². The molecule has 148 valence electrons. The molecule has 0 bridgehead atoms. The largest absolute Gasteiger partial charge is 0.477 e. The molecule has 0 atom stereocenters. The van der Waals surface area contributed by atoms with Gasteiger partial charge in [0.15, 0.2) is 0 Å². The van der Waals surface area contributed by atoms with Crippen LogP contribution in [0.3, 0.4) is 0 Å². The SMILES string of the molecule is CCOc1nc(NC2CCC(OC(=O)NC(C)(C)C)CC2)c(C)cc1C#N. The van der Waals surface area contributed by atoms with Crippen molar-refractivity contribution in [1.29, 1.82) is 5.26 Å². The summed E-state index contributed by atoms with van der Waals surface area (Å²) in [5, 5.41) is 15.5. The summed E-state index contributed by atoms with van der Waals surface area (Å²) < 4.78 is 11.0. The number of nitrogens with zero attached hydrogens (tertiary/aromatic N) is 2. The molecule has 1 amide bonds. The molecule has 2 rings (SSSR count). The van der Waals surface area contributed by atoms with Gasteiger partial charge in [-0.2, -0.15) is 10.2 Å². The Morgan fingerprint density at radius 1 is 1.33 bits per heavy atom. The Kier molecular flexibility index (Phi) is 6.89. The summed E-state index contributed by atoms with van der Waals surface area (Å²) >= 11 is 0. The van der Waals surface area contributed by atoms with Gasteiger partial charge in [0.1, 0.15) is 23.6 Å². The van der Waals surface area contributed by atoms with Gasteiger partial charge in [0.2, 0.25) is 5.88 Å². The van der Waals surface area contributed by atoms with Crippen molar-refractivity contribution in [2.75, 3.05) is 11.9 Å². The Bertz CT molecular complexity index is 698. The summed E-state index contributed by atoms with van der Waals surface area (Å²) in [5.74, 6) is 1.11. The summed E-state index contributed by atoms with van der Waals surface area (Å²) in [6.45, 7) is 10.0. The number of pyridine rings is 1. The van der Waals surface area contributed by atoms with Crippen molar-refractivity contribution in [3.05, 3.63) is 17.2 Å². The first kappa shape index (κ1) is 20.8. The Hall–Kier alpha value is -2.49. The molecule has 0 radical (unpaired) electrons. The molecule has 2 N–H and O–H groups in total. The number of aromatic nitrogens is 1. The predicted molar refractivity (Wildman–Crippen MR) is 104 cm³/mol. The fourth-order valence-corrected chi connectivity index (χ4v) is 3.07. The van der Waals surface area contributed by atoms with E-state index in [2.05, 4.69) is 21.7 Å². The lowest BCUT2D eigenvalue weighted by molar-refractivity contribution is 0.0682. The summed E-state index contributed by atoms with van der Waals surface area (Å²) in [6, 6.07) is 4.17. The molecule has 1 aromatic rings. The fraction of sp³-hybridized carbons (Fsp3) is 0.650. The van der Waals surface area contributed by atoms with Crippen molar-refractivity contribution in [3.8, 4) is 11.9 Å². The van der Waals surface area contributed by atoms with Crippen molar-refractivity contribution < 1.29 is 14.3 Å². The van der Waals surface area contributed by atoms with Crippen LogP contribution in [0, 0.1) is 18.3 Å². The van der Waals surface area contributed by atoms with Crippen molar-refractivity contribution in [2.24, 2.45) is 0 Å². The molecule has 1 fully saturated rings. The molecular weight excluding hydrogens is 344 g/mol. The minimum absolute atomic E-state index is 0.0561. The molecule has 0 aromatic carbocycles. The highest BCUT2D eigenvalue weighted by molar-refractivity contribution is 5.68. The summed E-state index contributed by atoms with van der Waals surface area (Å²) in [6.07, 6.45) is 2.98. The number of ether oxygens (including phenoxy) is 2. The van der Waals surface area contributed by atoms with Crippen LogP contribution < -0.4 is 15.4 Å². The van der Waals surface area contributed by atoms with Crippen LogP contribution in [-0.4, -0.2) is 35.4 Å². The fourth-order valence-electron chi connectivity index (χ4n) is 3.07. The van der Waals surface area contributed by atoms with Crippen LogP contribution in [0.2, 0.25) is 0 Å². The number of hydrogen-bond acceptors (Lipinski definition) is 6. The van der Waals surface area contributed by atoms with Crippen LogP contribution in [0.4, 0.5) is 10.6 Å². The third kappa shape index (κ3) is 6.31. The molecule has 7 heteroatoms. The maximum atomic E-state index is 11.9. The third-order valence-electron chi connectivity index (χ3n) is 4.35. The van der Waals surface area contributed by atoms with Gasteiger partial charge in [0.25, 0.3) is 0 Å². The monoisotopic (exact) mass is 374 g/mol. The normalized spacial score (nSPS) is 19.7. The van der Waals surface area contributed by atoms with Crippen LogP contribution in [-0.2, 0) is 4.74 Å². The van der Waals surface area contributed by atoms with Crippen LogP contribution in [0.1, 0.15) is 64.5 Å². The van der Waals surface area contributed by atoms with Crippen LogP contribution in [0.25, 0.3) is 0 Å². The zero-order valence-electron chi connectivity index (χ0n) is 16.9. The van der Waals surface area contributed by atoms with Crippen molar-refractivity contribution in [2.45, 2.75) is 78.0 Å². The molecule has 1 saturated carbocycles. The molecule has 0 saturated heterocycles. The third-order valence-corrected chi connectivity index (χ3v) is 4.35. The standard InChI is InChI=1S/C20H30N4O3/c1-6-26-18-14(12-21)11-13(2)17(23-18)22-15-7-9-16(10-8-15)27-19(25)24-20(3,4)5/h11,15-16H,6-10H2,1-5H3,(H,22,23)(H,24,25). The highest BCUT2D eigenvalue weighted by Crippen LogP contribution is 2.27. The van der Waals surface area contributed by atoms with E-state index in [0.717, 1.165) is 37.1 Å². The average Bonchev–Trinajstić information content (AvgIpc) is 2.57. The average molecular weight is 374 g/mol. The van der Waals surface area contributed by atoms with E-state index in [-0.39, 0.29) is 23.8 Å². The summed E-state index contributed by atoms with van der Waals surface area (Å²) in [7, 11) is 0. The van der Waals surface area contributed by atoms with Gasteiger partial charge in [-0.25, -0.2) is 4.79 Å². The number of amides is 1. The molecule has 0 unspecified atom stereocenters. The number of alkyl carbamates (subject to hydrolysis) is 1. The predicted octanol–water partition coefficient (Wildman–Crippen LogP) is 3.91. The van der Waals surface area contributed by atoms with Gasteiger partial charge >= 0.3 is 6.09 Å². The molecule has 0 spiro atoms. The van der Waals surface area contributed by atoms with Crippen molar-refractivity contribution in [3.63, 3.8) is 0 Å². The lowest BCUT2D eigenvalue weighted by atomic mass is 9.93. The zero-order chi connectivity index (χ0) is 20.0. The van der Waals surface area contributed by atoms with E-state index in [9.17, 15) is 10.1 Å². The van der Waals surface area contributed by atoms with E-state index in [0.29, 0.717) is 18.1 Å². The lowest BCUT2D eigenvalue weighted by Crippen LogP contribution is -2.43. The number of nitrogens with one attached hydrogen (secondary N) is 2. The van der Waals surface area contributed by atoms with Gasteiger partial charge in [0, 0.05) is 11.6 Å². The molecule has 27 heavy (non-hydrogen) atoms. The molecular formula is C20H30N4O3. The van der Waals surface area contributed by atoms with Gasteiger partial charge < -0.3 is 20.1 Å². The quantitative estimate of drug-likeness (QED) is 0.811. The highest BCUT2D eigenvalue weighted by atomic mass is 16.6. The number of anilines is 1. The maximum absolute atomic E-state index is 11.9. The van der Waals surface area contributed by atoms with Crippen LogP contribution in [0.5, 0.6) is 5.88 Å². The molecule has 0 aliphatic heterocycles. The molecule has 1 heterocycles. The zero-order valence-corrected chi connectivity index (χ0v) is 16.9. The topological polar surface area (TPSA) is 96.3 Å². The Labute approximate surface area is 161 Å². The molecule has 1 aliphatic rings. The lowest BCUT2D eigenvalue weighted by Gasteiger charge is -2.30. The summed E-state index contributed by atoms with van der Waals surface area (Å²) in [4.78, 5) is 16.4. The number of rotatable bonds is 5. The second-order valence-electron chi connectivity index (χ2n) is 7.95. The van der Waals surface area contributed by atoms with Gasteiger partial charge in [-0.15, -0.1) is 0 Å². The molecule has 1 aliphatic carbocycles.